The standard InChI is InChI=1S/C20H20N2/c21-13-15-4-8-17(9-5-15)19-2-1-3-20(12-19)18-10-6-16(14-22)7-11-18/h1-12H,13-14,21-22H2. The minimum atomic E-state index is 0.577. The molecule has 2 nitrogen and oxygen atoms in total. The zero-order valence-corrected chi connectivity index (χ0v) is 12.5. The van der Waals surface area contributed by atoms with Gasteiger partial charge in [-0.3, -0.25) is 0 Å². The van der Waals surface area contributed by atoms with Crippen molar-refractivity contribution in [1.82, 2.24) is 0 Å². The van der Waals surface area contributed by atoms with E-state index in [-0.39, 0.29) is 0 Å². The van der Waals surface area contributed by atoms with E-state index in [2.05, 4.69) is 72.8 Å². The molecule has 0 aliphatic rings. The van der Waals surface area contributed by atoms with E-state index in [9.17, 15) is 0 Å². The molecule has 4 N–H and O–H groups in total. The van der Waals surface area contributed by atoms with E-state index >= 15 is 0 Å². The summed E-state index contributed by atoms with van der Waals surface area (Å²) in [5, 5.41) is 0. The van der Waals surface area contributed by atoms with Crippen molar-refractivity contribution in [2.75, 3.05) is 0 Å². The number of nitrogens with two attached hydrogens (primary N) is 2. The maximum Gasteiger partial charge on any atom is 0.0178 e. The van der Waals surface area contributed by atoms with Gasteiger partial charge in [0.1, 0.15) is 0 Å². The summed E-state index contributed by atoms with van der Waals surface area (Å²) in [7, 11) is 0. The molecule has 0 saturated heterocycles. The van der Waals surface area contributed by atoms with Gasteiger partial charge in [-0.05, 0) is 39.4 Å². The highest BCUT2D eigenvalue weighted by molar-refractivity contribution is 5.73. The van der Waals surface area contributed by atoms with Crippen LogP contribution in [0.15, 0.2) is 72.8 Å². The van der Waals surface area contributed by atoms with E-state index in [1.165, 1.54) is 22.3 Å². The van der Waals surface area contributed by atoms with Gasteiger partial charge < -0.3 is 11.5 Å². The number of hydrogen-bond donors (Lipinski definition) is 2. The summed E-state index contributed by atoms with van der Waals surface area (Å²) in [5.74, 6) is 0. The summed E-state index contributed by atoms with van der Waals surface area (Å²) >= 11 is 0. The Morgan fingerprint density at radius 2 is 0.909 bits per heavy atom. The van der Waals surface area contributed by atoms with Gasteiger partial charge in [-0.15, -0.1) is 0 Å². The third-order valence-electron chi connectivity index (χ3n) is 3.91. The normalized spacial score (nSPS) is 10.6. The lowest BCUT2D eigenvalue weighted by molar-refractivity contribution is 1.07. The predicted octanol–water partition coefficient (Wildman–Crippen LogP) is 3.94. The predicted molar refractivity (Wildman–Crippen MR) is 93.1 cm³/mol. The van der Waals surface area contributed by atoms with E-state index < -0.39 is 0 Å². The van der Waals surface area contributed by atoms with Crippen molar-refractivity contribution in [3.05, 3.63) is 83.9 Å². The molecule has 0 radical (unpaired) electrons. The maximum atomic E-state index is 5.65. The smallest absolute Gasteiger partial charge is 0.0178 e. The summed E-state index contributed by atoms with van der Waals surface area (Å²) in [4.78, 5) is 0. The van der Waals surface area contributed by atoms with Crippen LogP contribution in [-0.2, 0) is 13.1 Å². The number of hydrogen-bond acceptors (Lipinski definition) is 2. The van der Waals surface area contributed by atoms with Crippen LogP contribution in [0.3, 0.4) is 0 Å². The first kappa shape index (κ1) is 14.5. The minimum Gasteiger partial charge on any atom is -0.326 e. The molecule has 0 spiro atoms. The molecule has 2 heteroatoms. The van der Waals surface area contributed by atoms with Crippen LogP contribution in [0.1, 0.15) is 11.1 Å². The van der Waals surface area contributed by atoms with Gasteiger partial charge in [0.15, 0.2) is 0 Å². The Balaban J connectivity index is 1.93. The Bertz CT molecular complexity index is 681. The molecule has 0 aliphatic heterocycles. The van der Waals surface area contributed by atoms with Crippen molar-refractivity contribution >= 4 is 0 Å². The van der Waals surface area contributed by atoms with E-state index in [1.807, 2.05) is 0 Å². The van der Waals surface area contributed by atoms with Crippen molar-refractivity contribution in [2.45, 2.75) is 13.1 Å². The fourth-order valence-corrected chi connectivity index (χ4v) is 2.54. The van der Waals surface area contributed by atoms with Gasteiger partial charge in [-0.1, -0.05) is 66.7 Å². The van der Waals surface area contributed by atoms with E-state index in [1.54, 1.807) is 0 Å². The Hall–Kier alpha value is -2.42. The molecule has 0 aromatic heterocycles. The first-order valence-corrected chi connectivity index (χ1v) is 7.49. The van der Waals surface area contributed by atoms with Gasteiger partial charge in [0.2, 0.25) is 0 Å². The van der Waals surface area contributed by atoms with Crippen molar-refractivity contribution in [3.8, 4) is 22.3 Å². The topological polar surface area (TPSA) is 52.0 Å². The molecule has 0 saturated carbocycles. The molecular formula is C20H20N2. The van der Waals surface area contributed by atoms with Crippen LogP contribution >= 0.6 is 0 Å². The quantitative estimate of drug-likeness (QED) is 0.764. The fourth-order valence-electron chi connectivity index (χ4n) is 2.54. The van der Waals surface area contributed by atoms with Crippen LogP contribution in [0, 0.1) is 0 Å². The molecule has 0 atom stereocenters. The first-order valence-electron chi connectivity index (χ1n) is 7.49. The van der Waals surface area contributed by atoms with Crippen LogP contribution < -0.4 is 11.5 Å². The second-order valence-corrected chi connectivity index (χ2v) is 5.38. The Morgan fingerprint density at radius 3 is 1.27 bits per heavy atom. The minimum absolute atomic E-state index is 0.577. The zero-order valence-electron chi connectivity index (χ0n) is 12.5. The van der Waals surface area contributed by atoms with Crippen LogP contribution in [0.25, 0.3) is 22.3 Å². The maximum absolute atomic E-state index is 5.65. The van der Waals surface area contributed by atoms with Crippen LogP contribution in [0.2, 0.25) is 0 Å². The van der Waals surface area contributed by atoms with Gasteiger partial charge in [0, 0.05) is 13.1 Å². The second kappa shape index (κ2) is 6.56. The molecule has 110 valence electrons. The molecule has 0 unspecified atom stereocenters. The van der Waals surface area contributed by atoms with Gasteiger partial charge >= 0.3 is 0 Å². The van der Waals surface area contributed by atoms with E-state index in [4.69, 9.17) is 11.5 Å². The summed E-state index contributed by atoms with van der Waals surface area (Å²) in [5.41, 5.74) is 18.4. The van der Waals surface area contributed by atoms with Gasteiger partial charge in [0.05, 0.1) is 0 Å². The van der Waals surface area contributed by atoms with Gasteiger partial charge in [-0.2, -0.15) is 0 Å². The summed E-state index contributed by atoms with van der Waals surface area (Å²) in [6, 6.07) is 25.4. The molecule has 22 heavy (non-hydrogen) atoms. The molecule has 0 fully saturated rings. The van der Waals surface area contributed by atoms with Crippen molar-refractivity contribution in [1.29, 1.82) is 0 Å². The van der Waals surface area contributed by atoms with E-state index in [0.29, 0.717) is 13.1 Å². The molecule has 3 aromatic rings. The Labute approximate surface area is 131 Å². The van der Waals surface area contributed by atoms with Crippen molar-refractivity contribution in [3.63, 3.8) is 0 Å². The fraction of sp³-hybridized carbons (Fsp3) is 0.100. The molecule has 0 amide bonds. The van der Waals surface area contributed by atoms with Crippen molar-refractivity contribution in [2.24, 2.45) is 11.5 Å². The largest absolute Gasteiger partial charge is 0.326 e. The average molecular weight is 288 g/mol. The van der Waals surface area contributed by atoms with Gasteiger partial charge in [-0.25, -0.2) is 0 Å². The Morgan fingerprint density at radius 1 is 0.500 bits per heavy atom. The lowest BCUT2D eigenvalue weighted by atomic mass is 9.98. The van der Waals surface area contributed by atoms with Crippen molar-refractivity contribution < 1.29 is 0 Å². The van der Waals surface area contributed by atoms with Gasteiger partial charge in [0.25, 0.3) is 0 Å². The van der Waals surface area contributed by atoms with E-state index in [0.717, 1.165) is 11.1 Å². The summed E-state index contributed by atoms with van der Waals surface area (Å²) in [6.45, 7) is 1.15. The zero-order chi connectivity index (χ0) is 15.4. The molecule has 0 aliphatic carbocycles. The third kappa shape index (κ3) is 3.08. The SMILES string of the molecule is NCc1ccc(-c2cccc(-c3ccc(CN)cc3)c2)cc1. The summed E-state index contributed by atoms with van der Waals surface area (Å²) < 4.78 is 0. The second-order valence-electron chi connectivity index (χ2n) is 5.38. The Kier molecular flexibility index (Phi) is 4.33. The molecule has 3 aromatic carbocycles. The molecule has 0 bridgehead atoms. The molecule has 3 rings (SSSR count). The average Bonchev–Trinajstić information content (AvgIpc) is 2.62. The van der Waals surface area contributed by atoms with Crippen LogP contribution in [0.4, 0.5) is 0 Å². The first-order chi connectivity index (χ1) is 10.8. The third-order valence-corrected chi connectivity index (χ3v) is 3.91. The van der Waals surface area contributed by atoms with Crippen LogP contribution in [-0.4, -0.2) is 0 Å². The molecule has 0 heterocycles. The monoisotopic (exact) mass is 288 g/mol. The highest BCUT2D eigenvalue weighted by atomic mass is 14.5. The number of rotatable bonds is 4. The number of benzene rings is 3. The van der Waals surface area contributed by atoms with Crippen LogP contribution in [0.5, 0.6) is 0 Å². The summed E-state index contributed by atoms with van der Waals surface area (Å²) in [6.07, 6.45) is 0. The molecular weight excluding hydrogens is 268 g/mol. The lowest BCUT2D eigenvalue weighted by Gasteiger charge is -2.07. The lowest BCUT2D eigenvalue weighted by Crippen LogP contribution is -1.95. The highest BCUT2D eigenvalue weighted by Gasteiger charge is 2.02. The highest BCUT2D eigenvalue weighted by Crippen LogP contribution is 2.26.